The highest BCUT2D eigenvalue weighted by molar-refractivity contribution is 5.91. The predicted octanol–water partition coefficient (Wildman–Crippen LogP) is 3.17. The second kappa shape index (κ2) is 8.78. The highest BCUT2D eigenvalue weighted by Crippen LogP contribution is 2.29. The van der Waals surface area contributed by atoms with E-state index in [-0.39, 0.29) is 12.6 Å². The number of aliphatic hydroxyl groups excluding tert-OH is 1. The molecule has 0 aromatic carbocycles. The average Bonchev–Trinajstić information content (AvgIpc) is 3.13. The molecule has 11 heteroatoms. The van der Waals surface area contributed by atoms with Gasteiger partial charge in [0, 0.05) is 31.0 Å². The molecule has 3 aromatic heterocycles. The van der Waals surface area contributed by atoms with E-state index < -0.39 is 17.8 Å². The summed E-state index contributed by atoms with van der Waals surface area (Å²) in [5, 5.41) is 30.8. The number of nitriles is 1. The van der Waals surface area contributed by atoms with E-state index in [9.17, 15) is 14.8 Å². The molecule has 10 nitrogen and oxygen atoms in total. The highest BCUT2D eigenvalue weighted by atomic mass is 19.1. The third-order valence-corrected chi connectivity index (χ3v) is 5.48. The molecule has 0 saturated carbocycles. The molecule has 2 atom stereocenters. The van der Waals surface area contributed by atoms with Gasteiger partial charge in [-0.15, -0.1) is 0 Å². The maximum Gasteiger partial charge on any atom is 0.227 e. The molecule has 4 heterocycles. The van der Waals surface area contributed by atoms with Crippen LogP contribution >= 0.6 is 0 Å². The van der Waals surface area contributed by atoms with Gasteiger partial charge in [0.05, 0.1) is 29.6 Å². The van der Waals surface area contributed by atoms with Crippen molar-refractivity contribution in [3.8, 4) is 6.07 Å². The topological polar surface area (TPSA) is 128 Å². The number of nitrogens with zero attached hydrogens (tertiary/aromatic N) is 7. The summed E-state index contributed by atoms with van der Waals surface area (Å²) < 4.78 is 15.8. The molecule has 4 rings (SSSR count). The van der Waals surface area contributed by atoms with Crippen LogP contribution in [0.3, 0.4) is 0 Å². The highest BCUT2D eigenvalue weighted by Gasteiger charge is 2.29. The largest absolute Gasteiger partial charge is 0.390 e. The van der Waals surface area contributed by atoms with Crippen molar-refractivity contribution in [3.63, 3.8) is 0 Å². The van der Waals surface area contributed by atoms with Crippen molar-refractivity contribution >= 4 is 34.3 Å². The van der Waals surface area contributed by atoms with Crippen LogP contribution in [-0.2, 0) is 0 Å². The standard InChI is InChI=1S/C22H28FN9O/c1-13(2)32-16-9-19(26-10-14(16)20(30-32)29-22(3,4)12-24)27-18-5-7-25-21(28-18)31-8-6-17(33)15(23)11-31/h5,7,9-10,13,15,17,33H,6,8,11H2,1-4H3,(H,29,30)(H,25,26,27,28). The molecule has 0 aliphatic carbocycles. The zero-order chi connectivity index (χ0) is 23.8. The Morgan fingerprint density at radius 2 is 2.09 bits per heavy atom. The maximum atomic E-state index is 13.9. The van der Waals surface area contributed by atoms with Crippen LogP contribution in [0.4, 0.5) is 27.8 Å². The number of piperidine rings is 1. The van der Waals surface area contributed by atoms with E-state index in [1.807, 2.05) is 24.6 Å². The summed E-state index contributed by atoms with van der Waals surface area (Å²) in [5.41, 5.74) is 0.0823. The summed E-state index contributed by atoms with van der Waals surface area (Å²) in [5.74, 6) is 2.08. The smallest absolute Gasteiger partial charge is 0.227 e. The van der Waals surface area contributed by atoms with Crippen LogP contribution < -0.4 is 15.5 Å². The molecule has 1 saturated heterocycles. The molecular weight excluding hydrogens is 425 g/mol. The lowest BCUT2D eigenvalue weighted by Gasteiger charge is -2.32. The van der Waals surface area contributed by atoms with Gasteiger partial charge in [-0.05, 0) is 40.2 Å². The molecular formula is C22H28FN9O. The van der Waals surface area contributed by atoms with Crippen molar-refractivity contribution in [1.29, 1.82) is 5.26 Å². The Labute approximate surface area is 191 Å². The quantitative estimate of drug-likeness (QED) is 0.515. The molecule has 1 fully saturated rings. The Kier molecular flexibility index (Phi) is 6.03. The van der Waals surface area contributed by atoms with Crippen molar-refractivity contribution in [2.24, 2.45) is 0 Å². The summed E-state index contributed by atoms with van der Waals surface area (Å²) in [6.45, 7) is 8.18. The van der Waals surface area contributed by atoms with Crippen LogP contribution in [0, 0.1) is 11.3 Å². The van der Waals surface area contributed by atoms with Crippen molar-refractivity contribution in [2.45, 2.75) is 58.0 Å². The fourth-order valence-electron chi connectivity index (χ4n) is 3.69. The molecule has 33 heavy (non-hydrogen) atoms. The van der Waals surface area contributed by atoms with Gasteiger partial charge in [-0.25, -0.2) is 14.4 Å². The number of anilines is 4. The van der Waals surface area contributed by atoms with Gasteiger partial charge in [0.2, 0.25) is 5.95 Å². The van der Waals surface area contributed by atoms with E-state index >= 15 is 0 Å². The lowest BCUT2D eigenvalue weighted by molar-refractivity contribution is 0.0612. The Hall–Kier alpha value is -3.52. The van der Waals surface area contributed by atoms with Crippen molar-refractivity contribution in [1.82, 2.24) is 24.7 Å². The van der Waals surface area contributed by atoms with Crippen LogP contribution in [0.2, 0.25) is 0 Å². The number of hydrogen-bond donors (Lipinski definition) is 3. The van der Waals surface area contributed by atoms with Gasteiger partial charge in [-0.2, -0.15) is 15.3 Å². The number of rotatable bonds is 6. The fourth-order valence-corrected chi connectivity index (χ4v) is 3.69. The molecule has 3 N–H and O–H groups in total. The van der Waals surface area contributed by atoms with E-state index in [0.29, 0.717) is 36.4 Å². The Balaban J connectivity index is 1.61. The van der Waals surface area contributed by atoms with Gasteiger partial charge in [0.25, 0.3) is 0 Å². The fraction of sp³-hybridized carbons (Fsp3) is 0.500. The number of hydrogen-bond acceptors (Lipinski definition) is 9. The number of fused-ring (bicyclic) bond motifs is 1. The first kappa shape index (κ1) is 22.7. The van der Waals surface area contributed by atoms with Crippen molar-refractivity contribution < 1.29 is 9.50 Å². The first-order chi connectivity index (χ1) is 15.7. The SMILES string of the molecule is CC(C)n1nc(NC(C)(C)C#N)c2cnc(Nc3ccnc(N4CCC(O)C(F)C4)n3)cc21. The summed E-state index contributed by atoms with van der Waals surface area (Å²) in [4.78, 5) is 15.0. The molecule has 174 valence electrons. The number of pyridine rings is 1. The predicted molar refractivity (Wildman–Crippen MR) is 124 cm³/mol. The minimum absolute atomic E-state index is 0.0528. The average molecular weight is 454 g/mol. The van der Waals surface area contributed by atoms with E-state index in [0.717, 1.165) is 10.9 Å². The third-order valence-electron chi connectivity index (χ3n) is 5.48. The number of aliphatic hydroxyl groups is 1. The Morgan fingerprint density at radius 3 is 2.79 bits per heavy atom. The summed E-state index contributed by atoms with van der Waals surface area (Å²) in [7, 11) is 0. The summed E-state index contributed by atoms with van der Waals surface area (Å²) in [6.07, 6.45) is 1.38. The minimum atomic E-state index is -1.33. The minimum Gasteiger partial charge on any atom is -0.390 e. The van der Waals surface area contributed by atoms with Gasteiger partial charge >= 0.3 is 0 Å². The lowest BCUT2D eigenvalue weighted by atomic mass is 10.1. The maximum absolute atomic E-state index is 13.9. The molecule has 0 amide bonds. The molecule has 0 spiro atoms. The molecule has 3 aromatic rings. The zero-order valence-electron chi connectivity index (χ0n) is 19.1. The van der Waals surface area contributed by atoms with Crippen LogP contribution in [0.25, 0.3) is 10.9 Å². The number of alkyl halides is 1. The summed E-state index contributed by atoms with van der Waals surface area (Å²) >= 11 is 0. The Bertz CT molecular complexity index is 1190. The first-order valence-corrected chi connectivity index (χ1v) is 10.9. The van der Waals surface area contributed by atoms with Crippen LogP contribution in [0.5, 0.6) is 0 Å². The van der Waals surface area contributed by atoms with Crippen molar-refractivity contribution in [2.75, 3.05) is 28.6 Å². The van der Waals surface area contributed by atoms with Gasteiger partial charge in [-0.1, -0.05) is 0 Å². The molecule has 2 unspecified atom stereocenters. The second-order valence-corrected chi connectivity index (χ2v) is 9.02. The molecule has 0 bridgehead atoms. The van der Waals surface area contributed by atoms with Gasteiger partial charge < -0.3 is 20.6 Å². The monoisotopic (exact) mass is 453 g/mol. The van der Waals surface area contributed by atoms with Gasteiger partial charge in [0.15, 0.2) is 5.82 Å². The van der Waals surface area contributed by atoms with Crippen LogP contribution in [0.15, 0.2) is 24.5 Å². The molecule has 1 aliphatic rings. The van der Waals surface area contributed by atoms with Gasteiger partial charge in [0.1, 0.15) is 23.3 Å². The third kappa shape index (κ3) is 4.80. The second-order valence-electron chi connectivity index (χ2n) is 9.02. The van der Waals surface area contributed by atoms with Crippen LogP contribution in [0.1, 0.15) is 40.2 Å². The van der Waals surface area contributed by atoms with Gasteiger partial charge in [-0.3, -0.25) is 4.68 Å². The van der Waals surface area contributed by atoms with E-state index in [2.05, 4.69) is 36.8 Å². The normalized spacial score (nSPS) is 19.0. The number of nitrogens with one attached hydrogen (secondary N) is 2. The lowest BCUT2D eigenvalue weighted by Crippen LogP contribution is -2.45. The van der Waals surface area contributed by atoms with Crippen LogP contribution in [-0.4, -0.2) is 60.7 Å². The number of aromatic nitrogens is 5. The molecule has 0 radical (unpaired) electrons. The van der Waals surface area contributed by atoms with E-state index in [4.69, 9.17) is 0 Å². The summed E-state index contributed by atoms with van der Waals surface area (Å²) in [6, 6.07) is 5.91. The first-order valence-electron chi connectivity index (χ1n) is 10.9. The van der Waals surface area contributed by atoms with Crippen molar-refractivity contribution in [3.05, 3.63) is 24.5 Å². The zero-order valence-corrected chi connectivity index (χ0v) is 19.1. The number of halogens is 1. The molecule has 1 aliphatic heterocycles. The van der Waals surface area contributed by atoms with E-state index in [1.54, 1.807) is 37.2 Å². The Morgan fingerprint density at radius 1 is 1.30 bits per heavy atom. The van der Waals surface area contributed by atoms with E-state index in [1.165, 1.54) is 0 Å².